The van der Waals surface area contributed by atoms with Gasteiger partial charge >= 0.3 is 0 Å². The summed E-state index contributed by atoms with van der Waals surface area (Å²) >= 11 is 0. The van der Waals surface area contributed by atoms with Crippen LogP contribution in [0, 0.1) is 13.8 Å². The Morgan fingerprint density at radius 1 is 0.906 bits per heavy atom. The normalized spacial score (nSPS) is 17.9. The predicted octanol–water partition coefficient (Wildman–Crippen LogP) is 5.41. The number of aromatic nitrogens is 1. The van der Waals surface area contributed by atoms with E-state index in [-0.39, 0.29) is 11.3 Å². The first kappa shape index (κ1) is 19.8. The van der Waals surface area contributed by atoms with Crippen LogP contribution in [0.25, 0.3) is 16.7 Å². The number of amides is 1. The van der Waals surface area contributed by atoms with E-state index in [1.54, 1.807) is 6.20 Å². The van der Waals surface area contributed by atoms with Gasteiger partial charge in [0.15, 0.2) is 0 Å². The van der Waals surface area contributed by atoms with Gasteiger partial charge < -0.3 is 10.1 Å². The predicted molar refractivity (Wildman–Crippen MR) is 125 cm³/mol. The number of hydrogen-bond acceptors (Lipinski definition) is 3. The first-order valence-electron chi connectivity index (χ1n) is 10.5. The number of carbonyl (C=O) groups is 2. The number of carbonyl (C=O) groups excluding carboxylic acids is 2. The molecule has 4 aromatic rings. The number of nitrogens with zero attached hydrogens (tertiary/aromatic N) is 1. The fourth-order valence-electron chi connectivity index (χ4n) is 4.44. The molecule has 2 heterocycles. The summed E-state index contributed by atoms with van der Waals surface area (Å²) in [6.07, 6.45) is 1.67. The van der Waals surface area contributed by atoms with Gasteiger partial charge in [-0.2, -0.15) is 0 Å². The Labute approximate surface area is 185 Å². The maximum absolute atomic E-state index is 13.3. The van der Waals surface area contributed by atoms with E-state index in [1.165, 1.54) is 4.90 Å². The van der Waals surface area contributed by atoms with Gasteiger partial charge in [0.25, 0.3) is 11.7 Å². The molecule has 3 aromatic carbocycles. The zero-order valence-corrected chi connectivity index (χ0v) is 17.8. The van der Waals surface area contributed by atoms with Crippen molar-refractivity contribution in [2.24, 2.45) is 0 Å². The van der Waals surface area contributed by atoms with E-state index in [1.807, 2.05) is 86.6 Å². The van der Waals surface area contributed by atoms with Crippen molar-refractivity contribution in [3.8, 4) is 0 Å². The number of nitrogens with one attached hydrogen (secondary N) is 1. The maximum Gasteiger partial charge on any atom is 0.300 e. The maximum atomic E-state index is 13.3. The highest BCUT2D eigenvalue weighted by Crippen LogP contribution is 2.44. The second kappa shape index (κ2) is 7.54. The van der Waals surface area contributed by atoms with E-state index >= 15 is 0 Å². The zero-order chi connectivity index (χ0) is 22.4. The highest BCUT2D eigenvalue weighted by molar-refractivity contribution is 6.52. The molecular weight excluding hydrogens is 400 g/mol. The van der Waals surface area contributed by atoms with Gasteiger partial charge in [-0.15, -0.1) is 0 Å². The van der Waals surface area contributed by atoms with Crippen LogP contribution in [-0.2, 0) is 9.59 Å². The van der Waals surface area contributed by atoms with Crippen LogP contribution in [0.4, 0.5) is 5.69 Å². The minimum Gasteiger partial charge on any atom is -0.507 e. The van der Waals surface area contributed by atoms with Crippen molar-refractivity contribution >= 4 is 34.0 Å². The van der Waals surface area contributed by atoms with Crippen LogP contribution in [0.3, 0.4) is 0 Å². The quantitative estimate of drug-likeness (QED) is 0.263. The molecule has 0 spiro atoms. The third-order valence-corrected chi connectivity index (χ3v) is 6.24. The van der Waals surface area contributed by atoms with Crippen LogP contribution >= 0.6 is 0 Å². The lowest BCUT2D eigenvalue weighted by Gasteiger charge is -2.27. The van der Waals surface area contributed by atoms with Crippen LogP contribution < -0.4 is 4.90 Å². The third kappa shape index (κ3) is 2.94. The van der Waals surface area contributed by atoms with Crippen molar-refractivity contribution in [2.45, 2.75) is 19.9 Å². The third-order valence-electron chi connectivity index (χ3n) is 6.24. The molecule has 32 heavy (non-hydrogen) atoms. The number of ketones is 1. The van der Waals surface area contributed by atoms with Crippen LogP contribution in [0.15, 0.2) is 84.6 Å². The molecule has 5 nitrogen and oxygen atoms in total. The number of aliphatic hydroxyl groups is 1. The van der Waals surface area contributed by atoms with Gasteiger partial charge in [-0.1, -0.05) is 60.7 Å². The number of rotatable bonds is 3. The monoisotopic (exact) mass is 422 g/mol. The standard InChI is InChI=1S/C27H22N2O3/c1-16-9-8-14-22(17(16)2)29-24(18-10-4-3-5-11-18)23(26(31)27(29)32)25(30)20-15-28-21-13-7-6-12-19(20)21/h3-15,24,28,30H,1-2H3/b25-23-. The number of aromatic amines is 1. The fraction of sp³-hybridized carbons (Fsp3) is 0.111. The lowest BCUT2D eigenvalue weighted by atomic mass is 9.94. The molecule has 1 atom stereocenters. The molecule has 0 radical (unpaired) electrons. The average molecular weight is 422 g/mol. The van der Waals surface area contributed by atoms with E-state index < -0.39 is 17.7 Å². The minimum atomic E-state index is -0.731. The molecule has 0 saturated carbocycles. The number of H-pyrrole nitrogens is 1. The number of benzene rings is 3. The van der Waals surface area contributed by atoms with Crippen LogP contribution in [0.5, 0.6) is 0 Å². The Kier molecular flexibility index (Phi) is 4.67. The number of Topliss-reactive ketones (excluding diaryl/α,β-unsaturated/α-hetero) is 1. The number of fused-ring (bicyclic) bond motifs is 1. The molecular formula is C27H22N2O3. The fourth-order valence-corrected chi connectivity index (χ4v) is 4.44. The molecule has 1 aliphatic rings. The van der Waals surface area contributed by atoms with Gasteiger partial charge in [-0.25, -0.2) is 0 Å². The van der Waals surface area contributed by atoms with Crippen LogP contribution in [0.1, 0.15) is 28.3 Å². The molecule has 5 heteroatoms. The van der Waals surface area contributed by atoms with E-state index in [9.17, 15) is 14.7 Å². The summed E-state index contributed by atoms with van der Waals surface area (Å²) in [5.74, 6) is -1.51. The summed E-state index contributed by atoms with van der Waals surface area (Å²) in [5.41, 5.74) is 4.80. The lowest BCUT2D eigenvalue weighted by Crippen LogP contribution is -2.30. The number of para-hydroxylation sites is 1. The molecule has 2 N–H and O–H groups in total. The lowest BCUT2D eigenvalue weighted by molar-refractivity contribution is -0.132. The summed E-state index contributed by atoms with van der Waals surface area (Å²) in [6.45, 7) is 3.91. The molecule has 5 rings (SSSR count). The van der Waals surface area contributed by atoms with Crippen molar-refractivity contribution < 1.29 is 14.7 Å². The molecule has 1 aliphatic heterocycles. The van der Waals surface area contributed by atoms with Crippen molar-refractivity contribution in [1.29, 1.82) is 0 Å². The minimum absolute atomic E-state index is 0.0897. The smallest absolute Gasteiger partial charge is 0.300 e. The topological polar surface area (TPSA) is 73.4 Å². The van der Waals surface area contributed by atoms with Crippen LogP contribution in [0.2, 0.25) is 0 Å². The molecule has 0 bridgehead atoms. The first-order chi connectivity index (χ1) is 15.5. The number of anilines is 1. The van der Waals surface area contributed by atoms with Gasteiger partial charge in [0.1, 0.15) is 5.76 Å². The van der Waals surface area contributed by atoms with Gasteiger partial charge in [-0.3, -0.25) is 14.5 Å². The summed E-state index contributed by atoms with van der Waals surface area (Å²) < 4.78 is 0. The van der Waals surface area contributed by atoms with E-state index in [0.717, 1.165) is 27.6 Å². The van der Waals surface area contributed by atoms with Gasteiger partial charge in [0, 0.05) is 28.4 Å². The molecule has 0 aliphatic carbocycles. The first-order valence-corrected chi connectivity index (χ1v) is 10.5. The van der Waals surface area contributed by atoms with Gasteiger partial charge in [0.05, 0.1) is 11.6 Å². The molecule has 1 fully saturated rings. The van der Waals surface area contributed by atoms with Crippen molar-refractivity contribution in [1.82, 2.24) is 4.98 Å². The Bertz CT molecular complexity index is 1400. The Hall–Kier alpha value is -4.12. The molecule has 1 aromatic heterocycles. The number of aliphatic hydroxyl groups excluding tert-OH is 1. The highest BCUT2D eigenvalue weighted by Gasteiger charge is 2.47. The second-order valence-corrected chi connectivity index (χ2v) is 8.05. The number of hydrogen-bond donors (Lipinski definition) is 2. The Morgan fingerprint density at radius 2 is 1.62 bits per heavy atom. The number of aryl methyl sites for hydroxylation is 1. The second-order valence-electron chi connectivity index (χ2n) is 8.05. The van der Waals surface area contributed by atoms with Gasteiger partial charge in [-0.05, 0) is 42.7 Å². The average Bonchev–Trinajstić information content (AvgIpc) is 3.35. The van der Waals surface area contributed by atoms with E-state index in [2.05, 4.69) is 4.98 Å². The SMILES string of the molecule is Cc1cccc(N2C(=O)C(=O)/C(=C(\O)c3c[nH]c4ccccc34)C2c2ccccc2)c1C. The van der Waals surface area contributed by atoms with E-state index in [0.29, 0.717) is 11.3 Å². The summed E-state index contributed by atoms with van der Waals surface area (Å²) in [4.78, 5) is 31.3. The zero-order valence-electron chi connectivity index (χ0n) is 17.8. The van der Waals surface area contributed by atoms with Crippen molar-refractivity contribution in [3.63, 3.8) is 0 Å². The highest BCUT2D eigenvalue weighted by atomic mass is 16.3. The van der Waals surface area contributed by atoms with Gasteiger partial charge in [0.2, 0.25) is 0 Å². The molecule has 1 amide bonds. The summed E-state index contributed by atoms with van der Waals surface area (Å²) in [7, 11) is 0. The van der Waals surface area contributed by atoms with Crippen LogP contribution in [-0.4, -0.2) is 21.8 Å². The Balaban J connectivity index is 1.78. The largest absolute Gasteiger partial charge is 0.507 e. The van der Waals surface area contributed by atoms with Crippen molar-refractivity contribution in [3.05, 3.63) is 107 Å². The molecule has 1 unspecified atom stereocenters. The van der Waals surface area contributed by atoms with Crippen molar-refractivity contribution in [2.75, 3.05) is 4.90 Å². The Morgan fingerprint density at radius 3 is 2.41 bits per heavy atom. The molecule has 1 saturated heterocycles. The summed E-state index contributed by atoms with van der Waals surface area (Å²) in [5, 5.41) is 12.2. The van der Waals surface area contributed by atoms with E-state index in [4.69, 9.17) is 0 Å². The molecule has 158 valence electrons. The summed E-state index contributed by atoms with van der Waals surface area (Å²) in [6, 6.07) is 21.9.